The molecule has 1 aliphatic carbocycles. The minimum atomic E-state index is -3.53. The number of nitrogens with two attached hydrogens (primary N) is 1. The van der Waals surface area contributed by atoms with Crippen LogP contribution in [0.3, 0.4) is 0 Å². The molecule has 2 heterocycles. The lowest BCUT2D eigenvalue weighted by Gasteiger charge is -2.30. The summed E-state index contributed by atoms with van der Waals surface area (Å²) in [6, 6.07) is -1.49. The zero-order valence-corrected chi connectivity index (χ0v) is 20.4. The molecule has 14 heteroatoms. The van der Waals surface area contributed by atoms with Crippen molar-refractivity contribution >= 4 is 36.4 Å². The van der Waals surface area contributed by atoms with Crippen LogP contribution in [-0.4, -0.2) is 67.2 Å². The average Bonchev–Trinajstić information content (AvgIpc) is 3.12. The molecular weight excluding hydrogens is 465 g/mol. The maximum absolute atomic E-state index is 13.6. The Balaban J connectivity index is 1.64. The number of carboxylic acid groups (broad SMARTS) is 1. The Morgan fingerprint density at radius 3 is 2.65 bits per heavy atom. The van der Waals surface area contributed by atoms with Gasteiger partial charge in [0.15, 0.2) is 11.5 Å². The summed E-state index contributed by atoms with van der Waals surface area (Å²) in [5.74, 6) is -1.27. The number of imidazole rings is 1. The highest BCUT2D eigenvalue weighted by Gasteiger charge is 2.32. The fourth-order valence-corrected chi connectivity index (χ4v) is 5.71. The van der Waals surface area contributed by atoms with Crippen LogP contribution in [0, 0.1) is 0 Å². The van der Waals surface area contributed by atoms with Crippen molar-refractivity contribution in [3.05, 3.63) is 12.7 Å². The molecule has 0 saturated heterocycles. The SMILES string of the molecule is C[C@H](CC(=O)O)N[P@@](=O)(CO[C@H](C)Cn1cnc2c(N)ncnc21)N[C@H](C)C(=O)OC1CCC1. The number of aromatic nitrogens is 4. The number of rotatable bonds is 13. The van der Waals surface area contributed by atoms with Crippen LogP contribution >= 0.6 is 7.44 Å². The summed E-state index contributed by atoms with van der Waals surface area (Å²) >= 11 is 0. The standard InChI is InChI=1S/C20H32N7O6P/c1-12(7-16(28)29)25-34(31,26-14(3)20(30)33-15-5-4-6-15)11-32-13(2)8-27-10-24-17-18(21)22-9-23-19(17)27/h9-10,12-15H,4-8,11H2,1-3H3,(H,28,29)(H2,21,22,23)(H2,25,26,31)/t12-,13-,14-,34+/m1/s1. The van der Waals surface area contributed by atoms with Crippen LogP contribution in [-0.2, 0) is 30.2 Å². The van der Waals surface area contributed by atoms with E-state index < -0.39 is 37.6 Å². The summed E-state index contributed by atoms with van der Waals surface area (Å²) in [6.45, 7) is 5.29. The molecule has 0 bridgehead atoms. The molecule has 0 spiro atoms. The average molecular weight is 497 g/mol. The lowest BCUT2D eigenvalue weighted by molar-refractivity contribution is -0.154. The molecule has 13 nitrogen and oxygen atoms in total. The first kappa shape index (κ1) is 26.0. The largest absolute Gasteiger partial charge is 0.481 e. The number of aliphatic carboxylic acids is 1. The van der Waals surface area contributed by atoms with Crippen LogP contribution in [0.4, 0.5) is 5.82 Å². The third-order valence-electron chi connectivity index (χ3n) is 5.42. The van der Waals surface area contributed by atoms with Crippen LogP contribution in [0.25, 0.3) is 11.2 Å². The summed E-state index contributed by atoms with van der Waals surface area (Å²) in [6.07, 6.45) is 4.53. The molecule has 3 rings (SSSR count). The maximum atomic E-state index is 13.6. The molecule has 34 heavy (non-hydrogen) atoms. The number of nitrogen functional groups attached to an aromatic ring is 1. The molecular formula is C20H32N7O6P. The zero-order valence-electron chi connectivity index (χ0n) is 19.5. The number of carbonyl (C=O) groups excluding carboxylic acids is 1. The van der Waals surface area contributed by atoms with Gasteiger partial charge in [0, 0.05) is 6.04 Å². The van der Waals surface area contributed by atoms with Crippen molar-refractivity contribution in [1.29, 1.82) is 0 Å². The van der Waals surface area contributed by atoms with E-state index in [0.29, 0.717) is 17.7 Å². The van der Waals surface area contributed by atoms with Gasteiger partial charge >= 0.3 is 11.9 Å². The molecule has 1 fully saturated rings. The predicted octanol–water partition coefficient (Wildman–Crippen LogP) is 1.49. The Hall–Kier alpha value is -2.60. The molecule has 0 radical (unpaired) electrons. The van der Waals surface area contributed by atoms with E-state index in [-0.39, 0.29) is 24.7 Å². The Bertz CT molecular complexity index is 1060. The van der Waals surface area contributed by atoms with Gasteiger partial charge in [0.1, 0.15) is 30.3 Å². The first-order valence-corrected chi connectivity index (χ1v) is 13.1. The molecule has 4 atom stereocenters. The molecule has 5 N–H and O–H groups in total. The van der Waals surface area contributed by atoms with Crippen molar-refractivity contribution in [2.75, 3.05) is 12.1 Å². The Labute approximate surface area is 197 Å². The molecule has 0 aliphatic heterocycles. The lowest BCUT2D eigenvalue weighted by Crippen LogP contribution is -2.42. The van der Waals surface area contributed by atoms with Crippen molar-refractivity contribution in [3.63, 3.8) is 0 Å². The van der Waals surface area contributed by atoms with E-state index in [2.05, 4.69) is 25.1 Å². The number of ether oxygens (including phenoxy) is 2. The molecule has 1 aliphatic rings. The molecule has 0 aromatic carbocycles. The summed E-state index contributed by atoms with van der Waals surface area (Å²) in [5.41, 5.74) is 6.84. The highest BCUT2D eigenvalue weighted by atomic mass is 31.2. The number of carbonyl (C=O) groups is 2. The van der Waals surface area contributed by atoms with Crippen molar-refractivity contribution in [2.45, 2.75) is 77.3 Å². The van der Waals surface area contributed by atoms with Gasteiger partial charge in [-0.2, -0.15) is 0 Å². The van der Waals surface area contributed by atoms with E-state index in [9.17, 15) is 14.2 Å². The Kier molecular flexibility index (Phi) is 8.58. The second-order valence-corrected chi connectivity index (χ2v) is 10.9. The van der Waals surface area contributed by atoms with Gasteiger partial charge in [-0.25, -0.2) is 25.1 Å². The van der Waals surface area contributed by atoms with E-state index in [4.69, 9.17) is 20.3 Å². The quantitative estimate of drug-likeness (QED) is 0.231. The van der Waals surface area contributed by atoms with Crippen molar-refractivity contribution < 1.29 is 28.7 Å². The normalized spacial score (nSPS) is 18.6. The molecule has 2 aromatic heterocycles. The first-order chi connectivity index (χ1) is 16.1. The van der Waals surface area contributed by atoms with Gasteiger partial charge in [-0.1, -0.05) is 0 Å². The number of fused-ring (bicyclic) bond motifs is 1. The van der Waals surface area contributed by atoms with Crippen molar-refractivity contribution in [2.24, 2.45) is 0 Å². The second kappa shape index (κ2) is 11.2. The summed E-state index contributed by atoms with van der Waals surface area (Å²) in [7, 11) is -3.53. The number of hydrogen-bond donors (Lipinski definition) is 4. The van der Waals surface area contributed by atoms with Gasteiger partial charge in [-0.3, -0.25) is 14.2 Å². The summed E-state index contributed by atoms with van der Waals surface area (Å²) in [5, 5.41) is 14.7. The van der Waals surface area contributed by atoms with Gasteiger partial charge in [-0.15, -0.1) is 0 Å². The molecule has 1 saturated carbocycles. The number of esters is 1. The van der Waals surface area contributed by atoms with Crippen LogP contribution < -0.4 is 15.9 Å². The number of hydrogen-bond acceptors (Lipinski definition) is 9. The maximum Gasteiger partial charge on any atom is 0.323 e. The topological polar surface area (TPSA) is 184 Å². The number of carboxylic acids is 1. The highest BCUT2D eigenvalue weighted by Crippen LogP contribution is 2.38. The van der Waals surface area contributed by atoms with Gasteiger partial charge in [0.25, 0.3) is 0 Å². The van der Waals surface area contributed by atoms with E-state index in [1.807, 2.05) is 0 Å². The van der Waals surface area contributed by atoms with E-state index >= 15 is 0 Å². The first-order valence-electron chi connectivity index (χ1n) is 11.2. The van der Waals surface area contributed by atoms with Crippen molar-refractivity contribution in [3.8, 4) is 0 Å². The van der Waals surface area contributed by atoms with Crippen LogP contribution in [0.5, 0.6) is 0 Å². The van der Waals surface area contributed by atoms with Crippen molar-refractivity contribution in [1.82, 2.24) is 29.7 Å². The van der Waals surface area contributed by atoms with Gasteiger partial charge in [-0.05, 0) is 40.0 Å². The molecule has 0 amide bonds. The molecule has 188 valence electrons. The van der Waals surface area contributed by atoms with E-state index in [1.165, 1.54) is 6.33 Å². The molecule has 0 unspecified atom stereocenters. The monoisotopic (exact) mass is 497 g/mol. The van der Waals surface area contributed by atoms with Gasteiger partial charge in [0.05, 0.1) is 25.4 Å². The van der Waals surface area contributed by atoms with Gasteiger partial charge < -0.3 is 24.9 Å². The minimum absolute atomic E-state index is 0.103. The second-order valence-electron chi connectivity index (χ2n) is 8.64. The fraction of sp³-hybridized carbons (Fsp3) is 0.650. The Morgan fingerprint density at radius 1 is 1.26 bits per heavy atom. The number of anilines is 1. The third kappa shape index (κ3) is 6.95. The van der Waals surface area contributed by atoms with Crippen LogP contribution in [0.15, 0.2) is 12.7 Å². The van der Waals surface area contributed by atoms with Crippen LogP contribution in [0.1, 0.15) is 46.5 Å². The smallest absolute Gasteiger partial charge is 0.323 e. The lowest BCUT2D eigenvalue weighted by atomic mass is 9.96. The summed E-state index contributed by atoms with van der Waals surface area (Å²) < 4.78 is 26.6. The number of nitrogens with zero attached hydrogens (tertiary/aromatic N) is 4. The van der Waals surface area contributed by atoms with E-state index in [0.717, 1.165) is 19.3 Å². The number of nitrogens with one attached hydrogen (secondary N) is 2. The highest BCUT2D eigenvalue weighted by molar-refractivity contribution is 7.59. The fourth-order valence-electron chi connectivity index (χ4n) is 3.49. The van der Waals surface area contributed by atoms with Crippen LogP contribution in [0.2, 0.25) is 0 Å². The third-order valence-corrected chi connectivity index (χ3v) is 7.60. The zero-order chi connectivity index (χ0) is 24.9. The summed E-state index contributed by atoms with van der Waals surface area (Å²) in [4.78, 5) is 35.8. The molecule has 2 aromatic rings. The predicted molar refractivity (Wildman–Crippen MR) is 124 cm³/mol. The van der Waals surface area contributed by atoms with Gasteiger partial charge in [0.2, 0.25) is 7.44 Å². The minimum Gasteiger partial charge on any atom is -0.481 e. The Morgan fingerprint density at radius 2 is 2.00 bits per heavy atom. The van der Waals surface area contributed by atoms with E-state index in [1.54, 1.807) is 31.7 Å².